The third-order valence-electron chi connectivity index (χ3n) is 4.54. The van der Waals surface area contributed by atoms with Crippen LogP contribution in [0.4, 0.5) is 22.0 Å². The van der Waals surface area contributed by atoms with Crippen LogP contribution in [0.1, 0.15) is 37.8 Å². The van der Waals surface area contributed by atoms with Gasteiger partial charge in [-0.15, -0.1) is 0 Å². The highest BCUT2D eigenvalue weighted by Crippen LogP contribution is 2.37. The van der Waals surface area contributed by atoms with Crippen LogP contribution in [-0.4, -0.2) is 7.28 Å². The van der Waals surface area contributed by atoms with Crippen molar-refractivity contribution in [3.8, 4) is 0 Å². The standard InChI is InChI=1S/C18H17BF5/c1-3-18(4-2,19-10-11-8-6-5-7-9-11)12-13(20)15(22)17(24)16(23)14(12)21/h5-9H,3-4,10H2,1-2H3. The summed E-state index contributed by atoms with van der Waals surface area (Å²) >= 11 is 0. The van der Waals surface area contributed by atoms with Gasteiger partial charge in [-0.2, -0.15) is 0 Å². The number of benzene rings is 2. The van der Waals surface area contributed by atoms with E-state index in [1.807, 2.05) is 30.3 Å². The van der Waals surface area contributed by atoms with Crippen molar-refractivity contribution in [2.45, 2.75) is 38.3 Å². The molecule has 0 saturated heterocycles. The lowest BCUT2D eigenvalue weighted by atomic mass is 9.44. The van der Waals surface area contributed by atoms with Gasteiger partial charge >= 0.3 is 0 Å². The lowest BCUT2D eigenvalue weighted by Crippen LogP contribution is -2.36. The van der Waals surface area contributed by atoms with Crippen LogP contribution in [0.25, 0.3) is 0 Å². The Bertz CT molecular complexity index is 682. The normalized spacial score (nSPS) is 11.6. The lowest BCUT2D eigenvalue weighted by Gasteiger charge is -2.33. The molecule has 1 radical (unpaired) electrons. The maximum Gasteiger partial charge on any atom is 0.200 e. The largest absolute Gasteiger partial charge is 0.203 e. The van der Waals surface area contributed by atoms with Crippen molar-refractivity contribution in [2.24, 2.45) is 0 Å². The van der Waals surface area contributed by atoms with Crippen LogP contribution < -0.4 is 0 Å². The van der Waals surface area contributed by atoms with Gasteiger partial charge in [0.05, 0.1) is 0 Å². The Morgan fingerprint density at radius 2 is 1.21 bits per heavy atom. The van der Waals surface area contributed by atoms with Gasteiger partial charge in [0.25, 0.3) is 0 Å². The second-order valence-corrected chi connectivity index (χ2v) is 5.70. The van der Waals surface area contributed by atoms with E-state index < -0.39 is 40.0 Å². The van der Waals surface area contributed by atoms with Gasteiger partial charge in [0, 0.05) is 5.56 Å². The molecule has 127 valence electrons. The molecule has 0 bridgehead atoms. The van der Waals surface area contributed by atoms with Gasteiger partial charge in [0.1, 0.15) is 7.28 Å². The van der Waals surface area contributed by atoms with Gasteiger partial charge in [0.15, 0.2) is 23.3 Å². The van der Waals surface area contributed by atoms with E-state index in [0.29, 0.717) is 6.32 Å². The van der Waals surface area contributed by atoms with Gasteiger partial charge < -0.3 is 0 Å². The van der Waals surface area contributed by atoms with Crippen LogP contribution in [0.2, 0.25) is 0 Å². The summed E-state index contributed by atoms with van der Waals surface area (Å²) in [7, 11) is 1.64. The van der Waals surface area contributed by atoms with Crippen LogP contribution in [0.5, 0.6) is 0 Å². The van der Waals surface area contributed by atoms with Crippen LogP contribution in [-0.2, 0) is 11.6 Å². The molecular formula is C18H17BF5. The third kappa shape index (κ3) is 3.19. The quantitative estimate of drug-likeness (QED) is 0.290. The summed E-state index contributed by atoms with van der Waals surface area (Å²) in [5, 5.41) is -1.24. The molecule has 2 aromatic carbocycles. The molecule has 0 saturated carbocycles. The van der Waals surface area contributed by atoms with Crippen molar-refractivity contribution in [1.82, 2.24) is 0 Å². The van der Waals surface area contributed by atoms with Crippen molar-refractivity contribution in [3.63, 3.8) is 0 Å². The second kappa shape index (κ2) is 7.37. The predicted molar refractivity (Wildman–Crippen MR) is 84.4 cm³/mol. The van der Waals surface area contributed by atoms with Crippen molar-refractivity contribution in [3.05, 3.63) is 70.5 Å². The SMILES string of the molecule is CCC([B]Cc1ccccc1)(CC)c1c(F)c(F)c(F)c(F)c1F. The molecule has 0 aliphatic rings. The van der Waals surface area contributed by atoms with Gasteiger partial charge in [-0.3, -0.25) is 0 Å². The maximum absolute atomic E-state index is 14.3. The predicted octanol–water partition coefficient (Wildman–Crippen LogP) is 5.30. The average molecular weight is 339 g/mol. The first kappa shape index (κ1) is 18.5. The van der Waals surface area contributed by atoms with E-state index in [2.05, 4.69) is 0 Å². The number of halogens is 5. The van der Waals surface area contributed by atoms with Gasteiger partial charge in [-0.25, -0.2) is 22.0 Å². The Labute approximate surface area is 138 Å². The molecule has 6 heteroatoms. The Morgan fingerprint density at radius 1 is 0.750 bits per heavy atom. The molecular weight excluding hydrogens is 322 g/mol. The fourth-order valence-corrected chi connectivity index (χ4v) is 2.96. The zero-order valence-electron chi connectivity index (χ0n) is 13.5. The zero-order valence-corrected chi connectivity index (χ0v) is 13.5. The molecule has 0 heterocycles. The van der Waals surface area contributed by atoms with Crippen LogP contribution in [0.15, 0.2) is 30.3 Å². The fourth-order valence-electron chi connectivity index (χ4n) is 2.96. The molecule has 0 spiro atoms. The van der Waals surface area contributed by atoms with E-state index in [-0.39, 0.29) is 12.8 Å². The molecule has 0 atom stereocenters. The maximum atomic E-state index is 14.3. The van der Waals surface area contributed by atoms with Crippen LogP contribution in [0, 0.1) is 29.1 Å². The second-order valence-electron chi connectivity index (χ2n) is 5.70. The summed E-state index contributed by atoms with van der Waals surface area (Å²) < 4.78 is 69.0. The Hall–Kier alpha value is -1.85. The Balaban J connectivity index is 2.51. The molecule has 2 rings (SSSR count). The topological polar surface area (TPSA) is 0 Å². The van der Waals surface area contributed by atoms with Gasteiger partial charge in [-0.05, 0) is 5.31 Å². The molecule has 0 unspecified atom stereocenters. The first-order valence-corrected chi connectivity index (χ1v) is 7.78. The van der Waals surface area contributed by atoms with Crippen molar-refractivity contribution >= 4 is 7.28 Å². The number of rotatable bonds is 6. The molecule has 0 fully saturated rings. The zero-order chi connectivity index (χ0) is 17.9. The molecule has 0 nitrogen and oxygen atoms in total. The minimum atomic E-state index is -2.13. The minimum Gasteiger partial charge on any atom is -0.203 e. The molecule has 24 heavy (non-hydrogen) atoms. The summed E-state index contributed by atoms with van der Waals surface area (Å²) in [6.07, 6.45) is 0.797. The highest BCUT2D eigenvalue weighted by Gasteiger charge is 2.39. The molecule has 0 amide bonds. The van der Waals surface area contributed by atoms with E-state index in [1.165, 1.54) is 0 Å². The molecule has 0 aliphatic heterocycles. The summed E-state index contributed by atoms with van der Waals surface area (Å²) in [5.74, 6) is -9.43. The number of hydrogen-bond donors (Lipinski definition) is 0. The van der Waals surface area contributed by atoms with E-state index in [1.54, 1.807) is 21.1 Å². The first-order valence-electron chi connectivity index (χ1n) is 7.78. The van der Waals surface area contributed by atoms with Crippen molar-refractivity contribution < 1.29 is 22.0 Å². The lowest BCUT2D eigenvalue weighted by molar-refractivity contribution is 0.353. The molecule has 0 aromatic heterocycles. The van der Waals surface area contributed by atoms with E-state index in [9.17, 15) is 22.0 Å². The monoisotopic (exact) mass is 339 g/mol. The summed E-state index contributed by atoms with van der Waals surface area (Å²) in [5.41, 5.74) is 0.146. The third-order valence-corrected chi connectivity index (χ3v) is 4.54. The number of hydrogen-bond acceptors (Lipinski definition) is 0. The van der Waals surface area contributed by atoms with Crippen molar-refractivity contribution in [1.29, 1.82) is 0 Å². The Morgan fingerprint density at radius 3 is 1.67 bits per heavy atom. The average Bonchev–Trinajstić information content (AvgIpc) is 2.62. The van der Waals surface area contributed by atoms with Crippen LogP contribution >= 0.6 is 0 Å². The highest BCUT2D eigenvalue weighted by atomic mass is 19.2. The smallest absolute Gasteiger partial charge is 0.200 e. The van der Waals surface area contributed by atoms with Gasteiger partial charge in [-0.1, -0.05) is 68.9 Å². The van der Waals surface area contributed by atoms with Crippen LogP contribution in [0.3, 0.4) is 0 Å². The summed E-state index contributed by atoms with van der Waals surface area (Å²) in [4.78, 5) is 0. The van der Waals surface area contributed by atoms with E-state index in [0.717, 1.165) is 5.56 Å². The first-order chi connectivity index (χ1) is 11.4. The Kier molecular flexibility index (Phi) is 5.68. The summed E-state index contributed by atoms with van der Waals surface area (Å²) in [6, 6.07) is 9.15. The van der Waals surface area contributed by atoms with Gasteiger partial charge in [0.2, 0.25) is 5.82 Å². The van der Waals surface area contributed by atoms with E-state index in [4.69, 9.17) is 0 Å². The highest BCUT2D eigenvalue weighted by molar-refractivity contribution is 6.39. The van der Waals surface area contributed by atoms with Crippen molar-refractivity contribution in [2.75, 3.05) is 0 Å². The minimum absolute atomic E-state index is 0.217. The molecule has 0 N–H and O–H groups in total. The summed E-state index contributed by atoms with van der Waals surface area (Å²) in [6.45, 7) is 3.34. The molecule has 2 aromatic rings. The fraction of sp³-hybridized carbons (Fsp3) is 0.333. The van der Waals surface area contributed by atoms with E-state index >= 15 is 0 Å². The molecule has 0 aliphatic carbocycles.